The molecule has 70 valence electrons. The summed E-state index contributed by atoms with van der Waals surface area (Å²) >= 11 is 0. The van der Waals surface area contributed by atoms with Crippen molar-refractivity contribution in [1.82, 2.24) is 4.90 Å². The molecule has 0 aromatic rings. The van der Waals surface area contributed by atoms with E-state index in [9.17, 15) is 9.90 Å². The molecule has 0 radical (unpaired) electrons. The molecule has 0 saturated carbocycles. The van der Waals surface area contributed by atoms with Gasteiger partial charge >= 0.3 is 0 Å². The summed E-state index contributed by atoms with van der Waals surface area (Å²) in [5, 5.41) is 9.50. The summed E-state index contributed by atoms with van der Waals surface area (Å²) in [5.74, 6) is 0.492. The van der Waals surface area contributed by atoms with E-state index in [-0.39, 0.29) is 12.0 Å². The minimum atomic E-state index is -0.325. The Morgan fingerprint density at radius 2 is 2.33 bits per heavy atom. The number of aliphatic hydroxyl groups excluding tert-OH is 1. The maximum atomic E-state index is 11.2. The van der Waals surface area contributed by atoms with Crippen molar-refractivity contribution >= 4 is 5.91 Å². The van der Waals surface area contributed by atoms with Gasteiger partial charge in [0.15, 0.2) is 0 Å². The van der Waals surface area contributed by atoms with Gasteiger partial charge in [-0.15, -0.1) is 0 Å². The van der Waals surface area contributed by atoms with Gasteiger partial charge < -0.3 is 10.0 Å². The quantitative estimate of drug-likeness (QED) is 0.628. The van der Waals surface area contributed by atoms with Crippen molar-refractivity contribution in [1.29, 1.82) is 0 Å². The molecule has 2 unspecified atom stereocenters. The molecular formula is C9H17NO2. The zero-order valence-electron chi connectivity index (χ0n) is 7.79. The van der Waals surface area contributed by atoms with Crippen molar-refractivity contribution in [3.63, 3.8) is 0 Å². The first kappa shape index (κ1) is 9.52. The van der Waals surface area contributed by atoms with Crippen LogP contribution in [-0.2, 0) is 4.79 Å². The van der Waals surface area contributed by atoms with E-state index in [2.05, 4.69) is 0 Å². The Bertz CT molecular complexity index is 170. The van der Waals surface area contributed by atoms with Crippen molar-refractivity contribution in [3.05, 3.63) is 0 Å². The van der Waals surface area contributed by atoms with E-state index in [0.29, 0.717) is 18.9 Å². The largest absolute Gasteiger partial charge is 0.391 e. The molecule has 1 aliphatic heterocycles. The van der Waals surface area contributed by atoms with Crippen LogP contribution in [0.4, 0.5) is 0 Å². The van der Waals surface area contributed by atoms with E-state index in [4.69, 9.17) is 0 Å². The van der Waals surface area contributed by atoms with Gasteiger partial charge in [-0.05, 0) is 12.3 Å². The van der Waals surface area contributed by atoms with Crippen molar-refractivity contribution in [2.45, 2.75) is 32.8 Å². The van der Waals surface area contributed by atoms with E-state index in [1.807, 2.05) is 13.8 Å². The topological polar surface area (TPSA) is 40.5 Å². The third-order valence-electron chi connectivity index (χ3n) is 2.57. The molecule has 2 atom stereocenters. The number of carbonyl (C=O) groups is 1. The Morgan fingerprint density at radius 3 is 2.83 bits per heavy atom. The average molecular weight is 171 g/mol. The maximum absolute atomic E-state index is 11.2. The highest BCUT2D eigenvalue weighted by Gasteiger charge is 2.26. The number of nitrogens with zero attached hydrogens (tertiary/aromatic N) is 1. The Hall–Kier alpha value is -0.570. The van der Waals surface area contributed by atoms with Crippen LogP contribution in [0.25, 0.3) is 0 Å². The van der Waals surface area contributed by atoms with Gasteiger partial charge in [-0.3, -0.25) is 4.79 Å². The number of β-amino-alcohol motifs (C(OH)–C–C–N with tert-alkyl or cyclic N) is 1. The van der Waals surface area contributed by atoms with Crippen LogP contribution in [0.15, 0.2) is 0 Å². The Balaban J connectivity index is 2.45. The lowest BCUT2D eigenvalue weighted by Crippen LogP contribution is -2.45. The lowest BCUT2D eigenvalue weighted by molar-refractivity contribution is -0.135. The van der Waals surface area contributed by atoms with Gasteiger partial charge in [0.05, 0.1) is 6.10 Å². The van der Waals surface area contributed by atoms with Gasteiger partial charge in [-0.1, -0.05) is 13.8 Å². The van der Waals surface area contributed by atoms with Crippen molar-refractivity contribution in [2.24, 2.45) is 5.92 Å². The lowest BCUT2D eigenvalue weighted by Gasteiger charge is -2.34. The molecule has 3 nitrogen and oxygen atoms in total. The van der Waals surface area contributed by atoms with Crippen molar-refractivity contribution < 1.29 is 9.90 Å². The number of carbonyl (C=O) groups excluding carboxylic acids is 1. The molecule has 1 amide bonds. The predicted octanol–water partition coefficient (Wildman–Crippen LogP) is 0.626. The third kappa shape index (κ3) is 1.97. The van der Waals surface area contributed by atoms with E-state index in [1.54, 1.807) is 4.90 Å². The molecule has 0 aromatic heterocycles. The zero-order valence-corrected chi connectivity index (χ0v) is 7.79. The number of aliphatic hydroxyl groups is 1. The predicted molar refractivity (Wildman–Crippen MR) is 46.7 cm³/mol. The molecule has 3 heteroatoms. The molecule has 0 aromatic carbocycles. The smallest absolute Gasteiger partial charge is 0.222 e. The normalized spacial score (nSPS) is 30.4. The highest BCUT2D eigenvalue weighted by Crippen LogP contribution is 2.17. The first-order valence-electron chi connectivity index (χ1n) is 4.61. The van der Waals surface area contributed by atoms with Crippen LogP contribution in [0.1, 0.15) is 26.7 Å². The molecule has 1 rings (SSSR count). The first-order valence-corrected chi connectivity index (χ1v) is 4.61. The first-order chi connectivity index (χ1) is 5.65. The van der Waals surface area contributed by atoms with Crippen LogP contribution in [0.3, 0.4) is 0 Å². The van der Waals surface area contributed by atoms with Gasteiger partial charge in [0.1, 0.15) is 0 Å². The van der Waals surface area contributed by atoms with Crippen LogP contribution >= 0.6 is 0 Å². The maximum Gasteiger partial charge on any atom is 0.222 e. The summed E-state index contributed by atoms with van der Waals surface area (Å²) in [6.45, 7) is 5.21. The molecule has 1 fully saturated rings. The van der Waals surface area contributed by atoms with E-state index < -0.39 is 0 Å². The van der Waals surface area contributed by atoms with Gasteiger partial charge in [-0.25, -0.2) is 0 Å². The summed E-state index contributed by atoms with van der Waals surface area (Å²) in [5.41, 5.74) is 0. The van der Waals surface area contributed by atoms with Crippen LogP contribution in [0.2, 0.25) is 0 Å². The van der Waals surface area contributed by atoms with Crippen molar-refractivity contribution in [3.8, 4) is 0 Å². The van der Waals surface area contributed by atoms with E-state index in [0.717, 1.165) is 13.0 Å². The number of rotatable bonds is 1. The molecule has 0 bridgehead atoms. The fourth-order valence-corrected chi connectivity index (χ4v) is 1.50. The zero-order chi connectivity index (χ0) is 9.14. The number of hydrogen-bond acceptors (Lipinski definition) is 2. The van der Waals surface area contributed by atoms with Crippen molar-refractivity contribution in [2.75, 3.05) is 13.1 Å². The molecule has 0 spiro atoms. The summed E-state index contributed by atoms with van der Waals surface area (Å²) < 4.78 is 0. The van der Waals surface area contributed by atoms with Gasteiger partial charge in [0.2, 0.25) is 5.91 Å². The molecular weight excluding hydrogens is 154 g/mol. The van der Waals surface area contributed by atoms with Crippen LogP contribution in [-0.4, -0.2) is 35.1 Å². The highest BCUT2D eigenvalue weighted by atomic mass is 16.3. The third-order valence-corrected chi connectivity index (χ3v) is 2.57. The fourth-order valence-electron chi connectivity index (χ4n) is 1.50. The number of amides is 1. The fraction of sp³-hybridized carbons (Fsp3) is 0.889. The second-order valence-electron chi connectivity index (χ2n) is 3.53. The van der Waals surface area contributed by atoms with E-state index in [1.165, 1.54) is 0 Å². The van der Waals surface area contributed by atoms with Gasteiger partial charge in [0.25, 0.3) is 0 Å². The molecule has 12 heavy (non-hydrogen) atoms. The van der Waals surface area contributed by atoms with E-state index >= 15 is 0 Å². The minimum Gasteiger partial charge on any atom is -0.391 e. The average Bonchev–Trinajstić information content (AvgIpc) is 2.08. The Kier molecular flexibility index (Phi) is 3.09. The highest BCUT2D eigenvalue weighted by molar-refractivity contribution is 5.75. The number of piperidine rings is 1. The summed E-state index contributed by atoms with van der Waals surface area (Å²) in [7, 11) is 0. The summed E-state index contributed by atoms with van der Waals surface area (Å²) in [6, 6.07) is 0. The standard InChI is InChI=1S/C9H17NO2/c1-3-9(12)10-5-4-7(2)8(11)6-10/h7-8,11H,3-6H2,1-2H3. The Labute approximate surface area is 73.4 Å². The molecule has 1 aliphatic rings. The van der Waals surface area contributed by atoms with Crippen LogP contribution in [0.5, 0.6) is 0 Å². The van der Waals surface area contributed by atoms with Gasteiger partial charge in [0, 0.05) is 19.5 Å². The lowest BCUT2D eigenvalue weighted by atomic mass is 9.96. The molecule has 1 heterocycles. The number of likely N-dealkylation sites (tertiary alicyclic amines) is 1. The van der Waals surface area contributed by atoms with Crippen LogP contribution < -0.4 is 0 Å². The second kappa shape index (κ2) is 3.90. The second-order valence-corrected chi connectivity index (χ2v) is 3.53. The molecule has 1 saturated heterocycles. The monoisotopic (exact) mass is 171 g/mol. The molecule has 0 aliphatic carbocycles. The minimum absolute atomic E-state index is 0.154. The molecule has 1 N–H and O–H groups in total. The Morgan fingerprint density at radius 1 is 1.67 bits per heavy atom. The SMILES string of the molecule is CCC(=O)N1CCC(C)C(O)C1. The summed E-state index contributed by atoms with van der Waals surface area (Å²) in [6.07, 6.45) is 1.14. The number of hydrogen-bond donors (Lipinski definition) is 1. The summed E-state index contributed by atoms with van der Waals surface area (Å²) in [4.78, 5) is 13.0. The van der Waals surface area contributed by atoms with Crippen LogP contribution in [0, 0.1) is 5.92 Å². The van der Waals surface area contributed by atoms with Gasteiger partial charge in [-0.2, -0.15) is 0 Å².